The smallest absolute Gasteiger partial charge is 0.244 e. The first-order valence-electron chi connectivity index (χ1n) is 4.39. The second kappa shape index (κ2) is 5.99. The van der Waals surface area contributed by atoms with Crippen LogP contribution in [0.4, 0.5) is 0 Å². The Hall–Kier alpha value is -1.72. The molecule has 0 aliphatic rings. The van der Waals surface area contributed by atoms with Crippen LogP contribution in [0.2, 0.25) is 0 Å². The summed E-state index contributed by atoms with van der Waals surface area (Å²) in [5.41, 5.74) is 0.381. The molecular formula is C11H10N2O2S. The fourth-order valence-corrected chi connectivity index (χ4v) is 1.77. The van der Waals surface area contributed by atoms with Gasteiger partial charge in [-0.25, -0.2) is 4.98 Å². The minimum absolute atomic E-state index is 0. The van der Waals surface area contributed by atoms with E-state index < -0.39 is 0 Å². The quantitative estimate of drug-likeness (QED) is 0.739. The fraction of sp³-hybridized carbons (Fsp3) is 0. The van der Waals surface area contributed by atoms with E-state index >= 15 is 0 Å². The van der Waals surface area contributed by atoms with Crippen molar-refractivity contribution in [3.8, 4) is 0 Å². The Labute approximate surface area is 97.1 Å². The van der Waals surface area contributed by atoms with Crippen molar-refractivity contribution in [2.24, 2.45) is 0 Å². The molecule has 0 atom stereocenters. The minimum Gasteiger partial charge on any atom is -0.412 e. The van der Waals surface area contributed by atoms with Crippen molar-refractivity contribution in [3.63, 3.8) is 0 Å². The predicted octanol–water partition coefficient (Wildman–Crippen LogP) is 1.58. The van der Waals surface area contributed by atoms with Crippen LogP contribution in [0.1, 0.15) is 10.5 Å². The molecule has 0 fully saturated rings. The van der Waals surface area contributed by atoms with Crippen molar-refractivity contribution in [3.05, 3.63) is 54.6 Å². The molecule has 0 spiro atoms. The highest BCUT2D eigenvalue weighted by molar-refractivity contribution is 8.14. The zero-order chi connectivity index (χ0) is 10.5. The van der Waals surface area contributed by atoms with E-state index in [0.717, 1.165) is 16.7 Å². The van der Waals surface area contributed by atoms with Gasteiger partial charge in [0, 0.05) is 17.3 Å². The number of rotatable bonds is 2. The molecule has 0 aliphatic carbocycles. The lowest BCUT2D eigenvalue weighted by molar-refractivity contribution is 0.108. The molecule has 0 unspecified atom stereocenters. The number of hydrogen-bond donors (Lipinski definition) is 0. The molecule has 82 valence electrons. The van der Waals surface area contributed by atoms with Gasteiger partial charge in [0.1, 0.15) is 5.69 Å². The maximum absolute atomic E-state index is 11.7. The Morgan fingerprint density at radius 2 is 1.88 bits per heavy atom. The summed E-state index contributed by atoms with van der Waals surface area (Å²) in [5.74, 6) is 0. The van der Waals surface area contributed by atoms with Gasteiger partial charge in [-0.05, 0) is 23.9 Å². The van der Waals surface area contributed by atoms with Gasteiger partial charge in [-0.2, -0.15) is 0 Å². The van der Waals surface area contributed by atoms with Crippen LogP contribution >= 0.6 is 11.8 Å². The third-order valence-corrected chi connectivity index (χ3v) is 2.63. The van der Waals surface area contributed by atoms with E-state index in [1.54, 1.807) is 6.20 Å². The first kappa shape index (κ1) is 12.4. The summed E-state index contributed by atoms with van der Waals surface area (Å²) in [6.07, 6.45) is 4.53. The van der Waals surface area contributed by atoms with E-state index in [9.17, 15) is 4.79 Å². The summed E-state index contributed by atoms with van der Waals surface area (Å²) in [7, 11) is 0. The lowest BCUT2D eigenvalue weighted by Crippen LogP contribution is -1.97. The average Bonchev–Trinajstić information content (AvgIpc) is 2.31. The van der Waals surface area contributed by atoms with Gasteiger partial charge in [0.15, 0.2) is 0 Å². The first-order valence-corrected chi connectivity index (χ1v) is 5.21. The van der Waals surface area contributed by atoms with Crippen LogP contribution in [0, 0.1) is 0 Å². The highest BCUT2D eigenvalue weighted by atomic mass is 32.2. The highest BCUT2D eigenvalue weighted by Crippen LogP contribution is 2.20. The fourth-order valence-electron chi connectivity index (χ4n) is 1.05. The Bertz CT molecular complexity index is 448. The van der Waals surface area contributed by atoms with Gasteiger partial charge in [0.25, 0.3) is 0 Å². The third kappa shape index (κ3) is 3.15. The van der Waals surface area contributed by atoms with Crippen molar-refractivity contribution in [2.75, 3.05) is 0 Å². The maximum atomic E-state index is 11.7. The zero-order valence-corrected chi connectivity index (χ0v) is 9.15. The van der Waals surface area contributed by atoms with Crippen LogP contribution in [-0.4, -0.2) is 20.6 Å². The predicted molar refractivity (Wildman–Crippen MR) is 62.3 cm³/mol. The molecule has 0 bridgehead atoms. The summed E-state index contributed by atoms with van der Waals surface area (Å²) in [6.45, 7) is 0. The second-order valence-corrected chi connectivity index (χ2v) is 3.84. The standard InChI is InChI=1S/C11H8N2OS.H2O/c14-11(10-8-12-6-7-13-10)15-9-4-2-1-3-5-9;/h1-8H;1H2. The first-order chi connectivity index (χ1) is 7.36. The van der Waals surface area contributed by atoms with E-state index in [1.807, 2.05) is 30.3 Å². The van der Waals surface area contributed by atoms with Crippen LogP contribution in [-0.2, 0) is 0 Å². The van der Waals surface area contributed by atoms with Gasteiger partial charge >= 0.3 is 0 Å². The van der Waals surface area contributed by atoms with Crippen LogP contribution < -0.4 is 0 Å². The summed E-state index contributed by atoms with van der Waals surface area (Å²) in [5, 5.41) is -0.0886. The van der Waals surface area contributed by atoms with Gasteiger partial charge in [-0.1, -0.05) is 18.2 Å². The van der Waals surface area contributed by atoms with Gasteiger partial charge < -0.3 is 5.48 Å². The summed E-state index contributed by atoms with van der Waals surface area (Å²) in [6, 6.07) is 9.48. The van der Waals surface area contributed by atoms with Gasteiger partial charge in [0.2, 0.25) is 5.12 Å². The molecule has 0 radical (unpaired) electrons. The Kier molecular flexibility index (Phi) is 4.63. The van der Waals surface area contributed by atoms with Crippen LogP contribution in [0.3, 0.4) is 0 Å². The van der Waals surface area contributed by atoms with Crippen LogP contribution in [0.5, 0.6) is 0 Å². The average molecular weight is 234 g/mol. The number of nitrogens with zero attached hydrogens (tertiary/aromatic N) is 2. The maximum Gasteiger partial charge on any atom is 0.244 e. The van der Waals surface area contributed by atoms with E-state index in [1.165, 1.54) is 12.4 Å². The lowest BCUT2D eigenvalue weighted by Gasteiger charge is -1.98. The molecule has 0 aliphatic heterocycles. The monoisotopic (exact) mass is 234 g/mol. The minimum atomic E-state index is -0.0886. The largest absolute Gasteiger partial charge is 0.412 e. The van der Waals surface area contributed by atoms with Gasteiger partial charge in [-0.15, -0.1) is 0 Å². The number of carbonyl (C=O) groups is 1. The highest BCUT2D eigenvalue weighted by Gasteiger charge is 2.08. The van der Waals surface area contributed by atoms with E-state index in [0.29, 0.717) is 5.69 Å². The molecule has 0 saturated heterocycles. The zero-order valence-electron chi connectivity index (χ0n) is 8.33. The Morgan fingerprint density at radius 1 is 1.12 bits per heavy atom. The number of aromatic nitrogens is 2. The van der Waals surface area contributed by atoms with Crippen LogP contribution in [0.15, 0.2) is 53.8 Å². The molecule has 16 heavy (non-hydrogen) atoms. The molecule has 1 aromatic carbocycles. The van der Waals surface area contributed by atoms with Crippen molar-refractivity contribution in [1.29, 1.82) is 0 Å². The molecule has 2 N–H and O–H groups in total. The normalized spacial score (nSPS) is 9.25. The number of benzene rings is 1. The molecule has 2 rings (SSSR count). The molecule has 4 nitrogen and oxygen atoms in total. The van der Waals surface area contributed by atoms with Crippen molar-refractivity contribution < 1.29 is 10.3 Å². The number of carbonyl (C=O) groups excluding carboxylic acids is 1. The summed E-state index contributed by atoms with van der Waals surface area (Å²) in [4.78, 5) is 20.4. The van der Waals surface area contributed by atoms with E-state index in [4.69, 9.17) is 0 Å². The van der Waals surface area contributed by atoms with Gasteiger partial charge in [0.05, 0.1) is 6.20 Å². The summed E-state index contributed by atoms with van der Waals surface area (Å²) >= 11 is 1.16. The molecule has 5 heteroatoms. The molecule has 2 aromatic rings. The third-order valence-electron chi connectivity index (χ3n) is 1.73. The van der Waals surface area contributed by atoms with E-state index in [-0.39, 0.29) is 10.6 Å². The molecule has 0 amide bonds. The number of thioether (sulfide) groups is 1. The summed E-state index contributed by atoms with van der Waals surface area (Å²) < 4.78 is 0. The Balaban J connectivity index is 0.00000128. The van der Waals surface area contributed by atoms with Crippen molar-refractivity contribution in [2.45, 2.75) is 4.90 Å². The van der Waals surface area contributed by atoms with E-state index in [2.05, 4.69) is 9.97 Å². The van der Waals surface area contributed by atoms with Crippen LogP contribution in [0.25, 0.3) is 0 Å². The van der Waals surface area contributed by atoms with Crippen molar-refractivity contribution in [1.82, 2.24) is 9.97 Å². The molecule has 1 aromatic heterocycles. The lowest BCUT2D eigenvalue weighted by atomic mass is 10.4. The van der Waals surface area contributed by atoms with Crippen molar-refractivity contribution >= 4 is 16.9 Å². The topological polar surface area (TPSA) is 74.3 Å². The second-order valence-electron chi connectivity index (χ2n) is 2.79. The molecular weight excluding hydrogens is 224 g/mol. The number of hydrogen-bond acceptors (Lipinski definition) is 4. The molecule has 0 saturated carbocycles. The Morgan fingerprint density at radius 3 is 2.50 bits per heavy atom. The SMILES string of the molecule is O.O=C(Sc1ccccc1)c1cnccn1. The molecule has 1 heterocycles. The van der Waals surface area contributed by atoms with Gasteiger partial charge in [-0.3, -0.25) is 9.78 Å².